The average Bonchev–Trinajstić information content (AvgIpc) is 2.86. The molecule has 8 atom stereocenters. The minimum absolute atomic E-state index is 0.0814. The number of carbonyl (C=O) groups excluding carboxylic acids is 1. The third-order valence-corrected chi connectivity index (χ3v) is 9.84. The van der Waals surface area contributed by atoms with Gasteiger partial charge in [0.15, 0.2) is 0 Å². The monoisotopic (exact) mass is 332 g/mol. The van der Waals surface area contributed by atoms with Crippen molar-refractivity contribution in [2.45, 2.75) is 91.6 Å². The fourth-order valence-corrected chi connectivity index (χ4v) is 8.28. The van der Waals surface area contributed by atoms with Gasteiger partial charge in [0.2, 0.25) is 0 Å². The first-order valence-corrected chi connectivity index (χ1v) is 10.4. The van der Waals surface area contributed by atoms with Crippen LogP contribution in [0.1, 0.15) is 85.5 Å². The van der Waals surface area contributed by atoms with Gasteiger partial charge >= 0.3 is 0 Å². The van der Waals surface area contributed by atoms with Gasteiger partial charge in [0.1, 0.15) is 5.78 Å². The molecule has 0 aromatic carbocycles. The Labute approximate surface area is 147 Å². The number of aliphatic hydroxyl groups is 1. The van der Waals surface area contributed by atoms with E-state index in [9.17, 15) is 9.90 Å². The lowest BCUT2D eigenvalue weighted by atomic mass is 9.40. The molecule has 0 amide bonds. The topological polar surface area (TPSA) is 37.3 Å². The van der Waals surface area contributed by atoms with Gasteiger partial charge in [-0.15, -0.1) is 0 Å². The zero-order chi connectivity index (χ0) is 17.3. The van der Waals surface area contributed by atoms with E-state index in [2.05, 4.69) is 20.8 Å². The fourth-order valence-electron chi connectivity index (χ4n) is 8.28. The van der Waals surface area contributed by atoms with Gasteiger partial charge in [-0.25, -0.2) is 0 Å². The van der Waals surface area contributed by atoms with Crippen molar-refractivity contribution in [3.63, 3.8) is 0 Å². The van der Waals surface area contributed by atoms with Crippen LogP contribution in [0.4, 0.5) is 0 Å². The largest absolute Gasteiger partial charge is 0.393 e. The second-order valence-corrected chi connectivity index (χ2v) is 10.6. The Morgan fingerprint density at radius 2 is 1.67 bits per heavy atom. The summed E-state index contributed by atoms with van der Waals surface area (Å²) >= 11 is 0. The van der Waals surface area contributed by atoms with E-state index in [0.717, 1.165) is 37.0 Å². The minimum Gasteiger partial charge on any atom is -0.393 e. The van der Waals surface area contributed by atoms with Crippen LogP contribution in [0.25, 0.3) is 0 Å². The molecule has 0 heterocycles. The SMILES string of the molecule is CC(=O)[C@H]1CC[C@H]2[C@@H]3CC[C@]4(C)C[C@H](O)CC[C@]4(C)[C@H]3CC[C@]12C. The highest BCUT2D eigenvalue weighted by molar-refractivity contribution is 5.79. The maximum absolute atomic E-state index is 12.2. The molecular formula is C22H36O2. The molecule has 4 saturated carbocycles. The van der Waals surface area contributed by atoms with Gasteiger partial charge in [-0.05, 0) is 98.7 Å². The molecule has 2 nitrogen and oxygen atoms in total. The standard InChI is InChI=1S/C22H36O2/c1-14(23)17-5-6-18-16-8-10-20(2)13-15(24)7-12-22(20,4)19(16)9-11-21(17,18)3/h15-19,24H,5-13H2,1-4H3/t15-,16+,17-,18+,19+,20-,21-,22-/m1/s1. The van der Waals surface area contributed by atoms with Crippen LogP contribution in [0, 0.1) is 39.9 Å². The number of hydrogen-bond donors (Lipinski definition) is 1. The van der Waals surface area contributed by atoms with Crippen LogP contribution < -0.4 is 0 Å². The lowest BCUT2D eigenvalue weighted by molar-refractivity contribution is -0.171. The molecule has 0 aromatic rings. The molecule has 1 N–H and O–H groups in total. The Bertz CT molecular complexity index is 542. The van der Waals surface area contributed by atoms with E-state index in [1.807, 2.05) is 6.92 Å². The van der Waals surface area contributed by atoms with E-state index >= 15 is 0 Å². The van der Waals surface area contributed by atoms with Crippen molar-refractivity contribution < 1.29 is 9.90 Å². The molecule has 0 saturated heterocycles. The summed E-state index contributed by atoms with van der Waals surface area (Å²) in [5.41, 5.74) is 0.980. The molecule has 0 spiro atoms. The molecule has 0 aliphatic heterocycles. The molecule has 0 radical (unpaired) electrons. The molecule has 136 valence electrons. The molecule has 24 heavy (non-hydrogen) atoms. The third kappa shape index (κ3) is 2.07. The maximum atomic E-state index is 12.2. The smallest absolute Gasteiger partial charge is 0.133 e. The highest BCUT2D eigenvalue weighted by Gasteiger charge is 2.63. The number of aliphatic hydroxyl groups excluding tert-OH is 1. The van der Waals surface area contributed by atoms with Crippen LogP contribution in [0.5, 0.6) is 0 Å². The van der Waals surface area contributed by atoms with E-state index in [4.69, 9.17) is 0 Å². The predicted octanol–water partition coefficient (Wildman–Crippen LogP) is 4.99. The zero-order valence-electron chi connectivity index (χ0n) is 16.1. The normalized spacial score (nSPS) is 57.0. The summed E-state index contributed by atoms with van der Waals surface area (Å²) in [7, 11) is 0. The van der Waals surface area contributed by atoms with Gasteiger partial charge in [0.05, 0.1) is 6.10 Å². The van der Waals surface area contributed by atoms with Gasteiger partial charge in [0.25, 0.3) is 0 Å². The zero-order valence-corrected chi connectivity index (χ0v) is 16.1. The number of rotatable bonds is 1. The lowest BCUT2D eigenvalue weighted by Gasteiger charge is -2.65. The number of Topliss-reactive ketones (excluding diaryl/α,β-unsaturated/α-hetero) is 1. The first kappa shape index (κ1) is 17.1. The molecule has 0 unspecified atom stereocenters. The molecule has 4 aliphatic rings. The van der Waals surface area contributed by atoms with Gasteiger partial charge in [-0.3, -0.25) is 4.79 Å². The number of ketones is 1. The van der Waals surface area contributed by atoms with Crippen LogP contribution in [-0.4, -0.2) is 17.0 Å². The molecule has 0 aromatic heterocycles. The highest BCUT2D eigenvalue weighted by atomic mass is 16.3. The van der Waals surface area contributed by atoms with Crippen molar-refractivity contribution >= 4 is 5.78 Å². The van der Waals surface area contributed by atoms with E-state index < -0.39 is 0 Å². The van der Waals surface area contributed by atoms with Crippen molar-refractivity contribution in [3.8, 4) is 0 Å². The van der Waals surface area contributed by atoms with Gasteiger partial charge in [-0.1, -0.05) is 20.8 Å². The van der Waals surface area contributed by atoms with Crippen LogP contribution in [0.15, 0.2) is 0 Å². The van der Waals surface area contributed by atoms with Crippen LogP contribution in [0.2, 0.25) is 0 Å². The molecule has 2 heteroatoms. The molecule has 4 aliphatic carbocycles. The predicted molar refractivity (Wildman–Crippen MR) is 96.5 cm³/mol. The van der Waals surface area contributed by atoms with E-state index in [-0.39, 0.29) is 11.5 Å². The Morgan fingerprint density at radius 3 is 2.38 bits per heavy atom. The molecule has 4 rings (SSSR count). The van der Waals surface area contributed by atoms with Gasteiger partial charge < -0.3 is 5.11 Å². The van der Waals surface area contributed by atoms with E-state index in [0.29, 0.717) is 22.5 Å². The van der Waals surface area contributed by atoms with E-state index in [1.54, 1.807) is 0 Å². The Hall–Kier alpha value is -0.370. The summed E-state index contributed by atoms with van der Waals surface area (Å²) < 4.78 is 0. The Kier molecular flexibility index (Phi) is 3.78. The molecular weight excluding hydrogens is 296 g/mol. The second kappa shape index (κ2) is 5.32. The number of carbonyl (C=O) groups is 1. The second-order valence-electron chi connectivity index (χ2n) is 10.6. The summed E-state index contributed by atoms with van der Waals surface area (Å²) in [4.78, 5) is 12.2. The van der Waals surface area contributed by atoms with Crippen LogP contribution >= 0.6 is 0 Å². The molecule has 0 bridgehead atoms. The maximum Gasteiger partial charge on any atom is 0.133 e. The average molecular weight is 333 g/mol. The fraction of sp³-hybridized carbons (Fsp3) is 0.955. The number of hydrogen-bond acceptors (Lipinski definition) is 2. The van der Waals surface area contributed by atoms with Crippen molar-refractivity contribution in [3.05, 3.63) is 0 Å². The number of fused-ring (bicyclic) bond motifs is 5. The van der Waals surface area contributed by atoms with Crippen molar-refractivity contribution in [1.82, 2.24) is 0 Å². The highest BCUT2D eigenvalue weighted by Crippen LogP contribution is 2.70. The summed E-state index contributed by atoms with van der Waals surface area (Å²) in [5, 5.41) is 10.3. The summed E-state index contributed by atoms with van der Waals surface area (Å²) in [6.07, 6.45) is 10.7. The summed E-state index contributed by atoms with van der Waals surface area (Å²) in [5.74, 6) is 3.15. The van der Waals surface area contributed by atoms with Crippen molar-refractivity contribution in [2.75, 3.05) is 0 Å². The van der Waals surface area contributed by atoms with Gasteiger partial charge in [-0.2, -0.15) is 0 Å². The Morgan fingerprint density at radius 1 is 0.917 bits per heavy atom. The van der Waals surface area contributed by atoms with Crippen molar-refractivity contribution in [1.29, 1.82) is 0 Å². The first-order chi connectivity index (χ1) is 11.2. The van der Waals surface area contributed by atoms with E-state index in [1.165, 1.54) is 38.5 Å². The Balaban J connectivity index is 1.65. The summed E-state index contributed by atoms with van der Waals surface area (Å²) in [6, 6.07) is 0. The van der Waals surface area contributed by atoms with Gasteiger partial charge in [0, 0.05) is 5.92 Å². The lowest BCUT2D eigenvalue weighted by Crippen LogP contribution is -2.58. The van der Waals surface area contributed by atoms with Crippen LogP contribution in [0.3, 0.4) is 0 Å². The third-order valence-electron chi connectivity index (χ3n) is 9.84. The quantitative estimate of drug-likeness (QED) is 0.735. The first-order valence-electron chi connectivity index (χ1n) is 10.4. The molecule has 4 fully saturated rings. The van der Waals surface area contributed by atoms with Crippen molar-refractivity contribution in [2.24, 2.45) is 39.9 Å². The summed E-state index contributed by atoms with van der Waals surface area (Å²) in [6.45, 7) is 9.28. The minimum atomic E-state index is -0.0814. The van der Waals surface area contributed by atoms with Crippen LogP contribution in [-0.2, 0) is 4.79 Å².